The molecular weight excluding hydrogens is 817 g/mol. The molecule has 1 saturated carbocycles. The summed E-state index contributed by atoms with van der Waals surface area (Å²) in [5.74, 6) is -3.59. The van der Waals surface area contributed by atoms with Crippen LogP contribution in [0.1, 0.15) is 108 Å². The number of carbonyl (C=O) groups is 6. The molecule has 6 amide bonds. The minimum atomic E-state index is -1.11. The predicted molar refractivity (Wildman–Crippen MR) is 242 cm³/mol. The minimum Gasteiger partial charge on any atom is -0.599 e. The summed E-state index contributed by atoms with van der Waals surface area (Å²) >= 11 is 0. The number of hydrogen-bond donors (Lipinski definition) is 6. The van der Waals surface area contributed by atoms with Crippen LogP contribution in [0.25, 0.3) is 11.1 Å². The lowest BCUT2D eigenvalue weighted by Gasteiger charge is -2.31. The van der Waals surface area contributed by atoms with Gasteiger partial charge in [0.1, 0.15) is 29.9 Å². The van der Waals surface area contributed by atoms with E-state index in [1.54, 1.807) is 30.3 Å². The van der Waals surface area contributed by atoms with E-state index >= 15 is 0 Å². The third-order valence-corrected chi connectivity index (χ3v) is 11.5. The zero-order valence-corrected chi connectivity index (χ0v) is 37.3. The Balaban J connectivity index is 1.32. The summed E-state index contributed by atoms with van der Waals surface area (Å²) in [7, 11) is 1.36. The maximum atomic E-state index is 14.3. The Morgan fingerprint density at radius 2 is 1.41 bits per heavy atom. The van der Waals surface area contributed by atoms with Crippen LogP contribution in [-0.2, 0) is 28.7 Å². The number of Topliss-reactive ketones (excluding diaryl/α,β-unsaturated/α-hetero) is 1. The topological polar surface area (TPSA) is 232 Å². The fourth-order valence-electron chi connectivity index (χ4n) is 8.35. The van der Waals surface area contributed by atoms with Crippen molar-refractivity contribution in [1.29, 1.82) is 0 Å². The SMILES string of the molecule is CCC[C@H](NC(=O)[C@H](CC(C)C)NC(=O)[C@@H](N=C([O-])OCC1c2ccccc2-c2ccccc21)C1CCCCC1)C(=NNC(=O)NC)C(=O)NCC(=O)N[C@H](C(C)=O)c1ccccc1. The second-order valence-corrected chi connectivity index (χ2v) is 16.7. The Bertz CT molecular complexity index is 2130. The van der Waals surface area contributed by atoms with Crippen LogP contribution in [0.4, 0.5) is 4.79 Å². The second kappa shape index (κ2) is 23.7. The summed E-state index contributed by atoms with van der Waals surface area (Å²) in [4.78, 5) is 84.3. The van der Waals surface area contributed by atoms with Gasteiger partial charge in [0.05, 0.1) is 12.6 Å². The average molecular weight is 878 g/mol. The molecule has 0 aromatic heterocycles. The number of nitrogens with one attached hydrogen (secondary N) is 6. The number of ketones is 1. The van der Waals surface area contributed by atoms with Gasteiger partial charge in [-0.1, -0.05) is 125 Å². The van der Waals surface area contributed by atoms with Crippen molar-refractivity contribution in [1.82, 2.24) is 32.0 Å². The number of hydrazone groups is 1. The van der Waals surface area contributed by atoms with E-state index in [9.17, 15) is 33.9 Å². The standard InChI is InChI=1S/C48H62N8O8/c1-6-17-38(43(55-56-47(62)49-5)45(60)50-27-40(58)53-41(30(4)57)31-18-9-7-10-19-31)51-44(59)39(26-29(2)3)52-46(61)42(32-20-11-8-12-21-32)54-48(63)64-28-37-35-24-15-13-22-33(35)34-23-14-16-25-36(34)37/h7,9-10,13-16,18-19,22-25,29,32,37-39,41-42H,6,8,11-12,17,20-21,26-28H2,1-5H3,(H,50,60)(H,51,59)(H,52,61)(H,53,58)(H,54,63)(H2,49,56,62)/p-1/t38-,39-,41+,42-/m0/s1. The monoisotopic (exact) mass is 877 g/mol. The van der Waals surface area contributed by atoms with Crippen molar-refractivity contribution >= 4 is 47.2 Å². The maximum absolute atomic E-state index is 14.3. The van der Waals surface area contributed by atoms with Gasteiger partial charge in [-0.15, -0.1) is 0 Å². The molecule has 0 saturated heterocycles. The molecule has 5 rings (SSSR count). The molecule has 3 aromatic carbocycles. The molecule has 2 aliphatic carbocycles. The van der Waals surface area contributed by atoms with E-state index < -0.39 is 66.5 Å². The lowest BCUT2D eigenvalue weighted by atomic mass is 9.83. The third-order valence-electron chi connectivity index (χ3n) is 11.5. The summed E-state index contributed by atoms with van der Waals surface area (Å²) in [6, 6.07) is 19.6. The van der Waals surface area contributed by atoms with E-state index in [2.05, 4.69) is 42.1 Å². The number of ether oxygens (including phenoxy) is 1. The molecular formula is C48H61N8O8-. The summed E-state index contributed by atoms with van der Waals surface area (Å²) < 4.78 is 5.80. The zero-order valence-electron chi connectivity index (χ0n) is 37.3. The van der Waals surface area contributed by atoms with E-state index in [1.807, 2.05) is 69.3 Å². The van der Waals surface area contributed by atoms with Crippen LogP contribution in [0.15, 0.2) is 89.0 Å². The number of aliphatic imine (C=N–C) groups is 1. The number of fused-ring (bicyclic) bond motifs is 3. The van der Waals surface area contributed by atoms with Gasteiger partial charge in [-0.05, 0) is 72.3 Å². The Morgan fingerprint density at radius 1 is 0.797 bits per heavy atom. The van der Waals surface area contributed by atoms with Gasteiger partial charge >= 0.3 is 6.03 Å². The molecule has 0 unspecified atom stereocenters. The van der Waals surface area contributed by atoms with Crippen molar-refractivity contribution in [3.05, 3.63) is 95.6 Å². The van der Waals surface area contributed by atoms with E-state index in [0.717, 1.165) is 41.5 Å². The van der Waals surface area contributed by atoms with Gasteiger partial charge < -0.3 is 36.4 Å². The van der Waals surface area contributed by atoms with Crippen molar-refractivity contribution in [2.24, 2.45) is 21.9 Å². The first kappa shape index (κ1) is 48.5. The highest BCUT2D eigenvalue weighted by Crippen LogP contribution is 2.44. The van der Waals surface area contributed by atoms with E-state index in [-0.39, 0.29) is 48.7 Å². The number of benzene rings is 3. The number of urea groups is 1. The fourth-order valence-corrected chi connectivity index (χ4v) is 8.35. The summed E-state index contributed by atoms with van der Waals surface area (Å²) in [5.41, 5.74) is 6.75. The van der Waals surface area contributed by atoms with Crippen LogP contribution in [0, 0.1) is 11.8 Å². The van der Waals surface area contributed by atoms with Crippen LogP contribution in [-0.4, -0.2) is 85.6 Å². The molecule has 16 heteroatoms. The van der Waals surface area contributed by atoms with Crippen molar-refractivity contribution in [3.8, 4) is 11.1 Å². The summed E-state index contributed by atoms with van der Waals surface area (Å²) in [6.07, 6.45) is 4.05. The molecule has 16 nitrogen and oxygen atoms in total. The number of hydrogen-bond acceptors (Lipinski definition) is 10. The van der Waals surface area contributed by atoms with Crippen molar-refractivity contribution < 1.29 is 38.6 Å². The predicted octanol–water partition coefficient (Wildman–Crippen LogP) is 4.14. The summed E-state index contributed by atoms with van der Waals surface area (Å²) in [5, 5.41) is 30.8. The number of amides is 6. The van der Waals surface area contributed by atoms with Crippen molar-refractivity contribution in [2.45, 2.75) is 109 Å². The van der Waals surface area contributed by atoms with Crippen LogP contribution in [0.3, 0.4) is 0 Å². The molecule has 0 spiro atoms. The molecule has 64 heavy (non-hydrogen) atoms. The molecule has 3 aromatic rings. The third kappa shape index (κ3) is 13.2. The lowest BCUT2D eigenvalue weighted by molar-refractivity contribution is -0.251. The van der Waals surface area contributed by atoms with Gasteiger partial charge in [0.25, 0.3) is 5.91 Å². The first-order valence-corrected chi connectivity index (χ1v) is 22.2. The molecule has 4 atom stereocenters. The maximum Gasteiger partial charge on any atom is 0.334 e. The van der Waals surface area contributed by atoms with Gasteiger partial charge in [0.15, 0.2) is 5.78 Å². The zero-order chi connectivity index (χ0) is 46.2. The van der Waals surface area contributed by atoms with Crippen LogP contribution in [0.2, 0.25) is 0 Å². The van der Waals surface area contributed by atoms with E-state index in [1.165, 1.54) is 14.0 Å². The van der Waals surface area contributed by atoms with Crippen molar-refractivity contribution in [3.63, 3.8) is 0 Å². The van der Waals surface area contributed by atoms with Gasteiger partial charge in [0.2, 0.25) is 17.7 Å². The highest BCUT2D eigenvalue weighted by atomic mass is 16.6. The van der Waals surface area contributed by atoms with Gasteiger partial charge in [-0.2, -0.15) is 5.10 Å². The quantitative estimate of drug-likeness (QED) is 0.0548. The molecule has 342 valence electrons. The molecule has 2 aliphatic rings. The van der Waals surface area contributed by atoms with Gasteiger partial charge in [0, 0.05) is 19.6 Å². The normalized spacial score (nSPS) is 16.0. The molecule has 1 fully saturated rings. The number of nitrogens with zero attached hydrogens (tertiary/aromatic N) is 2. The highest BCUT2D eigenvalue weighted by molar-refractivity contribution is 6.41. The van der Waals surface area contributed by atoms with Gasteiger partial charge in [-0.3, -0.25) is 29.0 Å². The summed E-state index contributed by atoms with van der Waals surface area (Å²) in [6.45, 7) is 6.44. The Kier molecular flexibility index (Phi) is 18.0. The van der Waals surface area contributed by atoms with Crippen LogP contribution < -0.4 is 37.1 Å². The molecule has 0 radical (unpaired) electrons. The Hall–Kier alpha value is -6.58. The highest BCUT2D eigenvalue weighted by Gasteiger charge is 2.35. The Morgan fingerprint density at radius 3 is 2.00 bits per heavy atom. The smallest absolute Gasteiger partial charge is 0.334 e. The first-order chi connectivity index (χ1) is 30.8. The molecule has 0 bridgehead atoms. The fraction of sp³-hybridized carbons (Fsp3) is 0.458. The second-order valence-electron chi connectivity index (χ2n) is 16.7. The molecule has 0 heterocycles. The molecule has 0 aliphatic heterocycles. The largest absolute Gasteiger partial charge is 0.599 e. The lowest BCUT2D eigenvalue weighted by Crippen LogP contribution is -2.56. The number of rotatable bonds is 20. The van der Waals surface area contributed by atoms with E-state index in [4.69, 9.17) is 4.74 Å². The Labute approximate surface area is 374 Å². The minimum absolute atomic E-state index is 0.0378. The van der Waals surface area contributed by atoms with Crippen LogP contribution >= 0.6 is 0 Å². The van der Waals surface area contributed by atoms with Gasteiger partial charge in [-0.25, -0.2) is 10.2 Å². The first-order valence-electron chi connectivity index (χ1n) is 22.2. The molecule has 6 N–H and O–H groups in total. The van der Waals surface area contributed by atoms with Crippen molar-refractivity contribution in [2.75, 3.05) is 20.2 Å². The van der Waals surface area contributed by atoms with E-state index in [0.29, 0.717) is 24.8 Å². The van der Waals surface area contributed by atoms with Crippen LogP contribution in [0.5, 0.6) is 0 Å². The average Bonchev–Trinajstić information content (AvgIpc) is 3.61. The number of carbonyl (C=O) groups excluding carboxylic acids is 6.